The first-order valence-electron chi connectivity index (χ1n) is 11.2. The summed E-state index contributed by atoms with van der Waals surface area (Å²) in [4.78, 5) is 58.3. The molecule has 3 rings (SSSR count). The van der Waals surface area contributed by atoms with Crippen molar-refractivity contribution in [3.63, 3.8) is 0 Å². The minimum atomic E-state index is -1.31. The molecule has 1 aliphatic rings. The molecule has 198 valence electrons. The maximum Gasteiger partial charge on any atom is 0.328 e. The van der Waals surface area contributed by atoms with Gasteiger partial charge < -0.3 is 36.2 Å². The highest BCUT2D eigenvalue weighted by atomic mass is 32.1. The lowest BCUT2D eigenvalue weighted by molar-refractivity contribution is -0.139. The van der Waals surface area contributed by atoms with Crippen LogP contribution in [-0.2, 0) is 19.1 Å². The maximum atomic E-state index is 12.3. The maximum absolute atomic E-state index is 12.3. The van der Waals surface area contributed by atoms with Crippen LogP contribution in [0.5, 0.6) is 0 Å². The zero-order valence-corrected chi connectivity index (χ0v) is 20.6. The van der Waals surface area contributed by atoms with Crippen LogP contribution in [-0.4, -0.2) is 75.0 Å². The standard InChI is InChI=1S/C22H27N7O7S/c1-11(37)36-20(26-15(21(34)35)6-7-16(31)32)12-2-4-13(5-3-12)24-8-14-9-25-18-17(29(14)10-30)19(33)28-22(23)27-18/h2-5,10-11,14-15,24,37H,6-9H2,1H3,(H,31,32)(H,34,35)(H4,23,25,27,28,33). The molecule has 0 aliphatic carbocycles. The number of nitrogen functional groups attached to an aromatic ring is 1. The van der Waals surface area contributed by atoms with Crippen LogP contribution in [0.2, 0.25) is 0 Å². The Kier molecular flexibility index (Phi) is 8.95. The second-order valence-corrected chi connectivity index (χ2v) is 8.82. The summed E-state index contributed by atoms with van der Waals surface area (Å²) in [6, 6.07) is 4.99. The number of nitrogens with two attached hydrogens (primary N) is 1. The average molecular weight is 534 g/mol. The fourth-order valence-electron chi connectivity index (χ4n) is 3.60. The summed E-state index contributed by atoms with van der Waals surface area (Å²) in [5.41, 5.74) is 5.64. The van der Waals surface area contributed by atoms with Gasteiger partial charge in [-0.3, -0.25) is 19.4 Å². The van der Waals surface area contributed by atoms with E-state index in [1.165, 1.54) is 4.90 Å². The third-order valence-corrected chi connectivity index (χ3v) is 5.43. The Morgan fingerprint density at radius 3 is 2.68 bits per heavy atom. The zero-order valence-electron chi connectivity index (χ0n) is 19.7. The first-order valence-corrected chi connectivity index (χ1v) is 11.7. The predicted molar refractivity (Wildman–Crippen MR) is 139 cm³/mol. The number of H-pyrrole nitrogens is 1. The SMILES string of the molecule is CC(S)OC(=NC(CCC(=O)O)C(=O)O)c1ccc(NCC2CNc3nc(N)[nH]c(=O)c3N2C=O)cc1. The molecule has 15 heteroatoms. The zero-order chi connectivity index (χ0) is 27.1. The van der Waals surface area contributed by atoms with E-state index in [-0.39, 0.29) is 42.7 Å². The molecule has 14 nitrogen and oxygen atoms in total. The Morgan fingerprint density at radius 1 is 1.38 bits per heavy atom. The second-order valence-electron chi connectivity index (χ2n) is 8.09. The average Bonchev–Trinajstić information content (AvgIpc) is 2.83. The molecular weight excluding hydrogens is 506 g/mol. The molecule has 3 unspecified atom stereocenters. The summed E-state index contributed by atoms with van der Waals surface area (Å²) in [7, 11) is 0. The Morgan fingerprint density at radius 2 is 2.08 bits per heavy atom. The quantitative estimate of drug-likeness (QED) is 0.0697. The van der Waals surface area contributed by atoms with Gasteiger partial charge in [-0.2, -0.15) is 4.98 Å². The van der Waals surface area contributed by atoms with E-state index < -0.39 is 35.0 Å². The number of carboxylic acids is 2. The molecule has 1 aromatic heterocycles. The van der Waals surface area contributed by atoms with Crippen molar-refractivity contribution < 1.29 is 29.3 Å². The van der Waals surface area contributed by atoms with Gasteiger partial charge in [-0.1, -0.05) is 0 Å². The van der Waals surface area contributed by atoms with Gasteiger partial charge in [-0.05, 0) is 37.6 Å². The number of aliphatic imine (C=N–C) groups is 1. The van der Waals surface area contributed by atoms with Gasteiger partial charge in [0.15, 0.2) is 17.5 Å². The lowest BCUT2D eigenvalue weighted by Gasteiger charge is -2.34. The topological polar surface area (TPSA) is 212 Å². The number of hydrogen-bond donors (Lipinski definition) is 7. The van der Waals surface area contributed by atoms with Crippen molar-refractivity contribution >= 4 is 60.0 Å². The monoisotopic (exact) mass is 533 g/mol. The van der Waals surface area contributed by atoms with E-state index in [0.717, 1.165) is 0 Å². The number of hydrogen-bond acceptors (Lipinski definition) is 11. The van der Waals surface area contributed by atoms with E-state index in [4.69, 9.17) is 15.6 Å². The minimum Gasteiger partial charge on any atom is -0.481 e. The molecule has 0 saturated carbocycles. The highest BCUT2D eigenvalue weighted by molar-refractivity contribution is 7.80. The van der Waals surface area contributed by atoms with Crippen molar-refractivity contribution in [2.24, 2.45) is 4.99 Å². The van der Waals surface area contributed by atoms with Crippen molar-refractivity contribution in [2.45, 2.75) is 37.3 Å². The number of thiol groups is 1. The Labute approximate surface area is 216 Å². The fraction of sp³-hybridized carbons (Fsp3) is 0.364. The lowest BCUT2D eigenvalue weighted by atomic mass is 10.1. The van der Waals surface area contributed by atoms with Crippen LogP contribution >= 0.6 is 12.6 Å². The highest BCUT2D eigenvalue weighted by Crippen LogP contribution is 2.25. The molecule has 0 radical (unpaired) electrons. The van der Waals surface area contributed by atoms with Gasteiger partial charge in [0.1, 0.15) is 5.44 Å². The van der Waals surface area contributed by atoms with Crippen molar-refractivity contribution in [3.05, 3.63) is 40.2 Å². The van der Waals surface area contributed by atoms with E-state index in [0.29, 0.717) is 24.2 Å². The number of nitrogens with zero attached hydrogens (tertiary/aromatic N) is 3. The van der Waals surface area contributed by atoms with E-state index in [2.05, 4.69) is 38.2 Å². The summed E-state index contributed by atoms with van der Waals surface area (Å²) in [5, 5.41) is 24.5. The third kappa shape index (κ3) is 7.13. The highest BCUT2D eigenvalue weighted by Gasteiger charge is 2.29. The second kappa shape index (κ2) is 12.1. The van der Waals surface area contributed by atoms with Gasteiger partial charge in [-0.15, -0.1) is 12.6 Å². The Hall–Kier alpha value is -4.27. The summed E-state index contributed by atoms with van der Waals surface area (Å²) in [6.45, 7) is 2.24. The fourth-order valence-corrected chi connectivity index (χ4v) is 3.70. The molecule has 0 saturated heterocycles. The number of carbonyl (C=O) groups excluding carboxylic acids is 1. The van der Waals surface area contributed by atoms with Gasteiger partial charge in [-0.25, -0.2) is 9.79 Å². The summed E-state index contributed by atoms with van der Waals surface area (Å²) < 4.78 is 5.58. The number of ether oxygens (including phenoxy) is 1. The van der Waals surface area contributed by atoms with Crippen LogP contribution in [0.1, 0.15) is 25.3 Å². The van der Waals surface area contributed by atoms with Gasteiger partial charge in [0, 0.05) is 30.8 Å². The van der Waals surface area contributed by atoms with Crippen LogP contribution < -0.4 is 26.8 Å². The number of carbonyl (C=O) groups is 3. The van der Waals surface area contributed by atoms with Crippen molar-refractivity contribution in [1.82, 2.24) is 9.97 Å². The van der Waals surface area contributed by atoms with Crippen LogP contribution in [0.4, 0.5) is 23.1 Å². The number of fused-ring (bicyclic) bond motifs is 1. The summed E-state index contributed by atoms with van der Waals surface area (Å²) in [5.74, 6) is -2.22. The Bertz CT molecular complexity index is 1230. The first kappa shape index (κ1) is 27.3. The number of amides is 1. The van der Waals surface area contributed by atoms with Crippen molar-refractivity contribution in [2.75, 3.05) is 34.4 Å². The van der Waals surface area contributed by atoms with Crippen molar-refractivity contribution in [3.8, 4) is 0 Å². The normalized spacial score (nSPS) is 16.6. The van der Waals surface area contributed by atoms with E-state index in [9.17, 15) is 24.3 Å². The molecule has 2 aromatic rings. The molecule has 0 fully saturated rings. The van der Waals surface area contributed by atoms with E-state index in [1.807, 2.05) is 0 Å². The molecular formula is C22H27N7O7S. The summed E-state index contributed by atoms with van der Waals surface area (Å²) >= 11 is 4.18. The largest absolute Gasteiger partial charge is 0.481 e. The smallest absolute Gasteiger partial charge is 0.328 e. The van der Waals surface area contributed by atoms with Crippen LogP contribution in [0.25, 0.3) is 0 Å². The van der Waals surface area contributed by atoms with Gasteiger partial charge in [0.05, 0.1) is 6.04 Å². The molecule has 2 heterocycles. The van der Waals surface area contributed by atoms with Crippen LogP contribution in [0.3, 0.4) is 0 Å². The number of carboxylic acid groups (broad SMARTS) is 2. The minimum absolute atomic E-state index is 0.0121. The first-order chi connectivity index (χ1) is 17.6. The van der Waals surface area contributed by atoms with Crippen LogP contribution in [0, 0.1) is 0 Å². The molecule has 0 spiro atoms. The molecule has 1 aliphatic heterocycles. The van der Waals surface area contributed by atoms with E-state index in [1.54, 1.807) is 31.2 Å². The molecule has 1 aromatic carbocycles. The van der Waals surface area contributed by atoms with Gasteiger partial charge in [0.2, 0.25) is 18.3 Å². The number of rotatable bonds is 11. The molecule has 37 heavy (non-hydrogen) atoms. The third-order valence-electron chi connectivity index (χ3n) is 5.33. The van der Waals surface area contributed by atoms with E-state index >= 15 is 0 Å². The Balaban J connectivity index is 1.74. The number of anilines is 4. The predicted octanol–water partition coefficient (Wildman–Crippen LogP) is 0.578. The lowest BCUT2D eigenvalue weighted by Crippen LogP contribution is -2.50. The number of aromatic amines is 1. The molecule has 1 amide bonds. The number of benzene rings is 1. The molecule has 3 atom stereocenters. The number of nitrogens with one attached hydrogen (secondary N) is 3. The van der Waals surface area contributed by atoms with Gasteiger partial charge in [0.25, 0.3) is 5.56 Å². The van der Waals surface area contributed by atoms with Crippen LogP contribution in [0.15, 0.2) is 34.1 Å². The summed E-state index contributed by atoms with van der Waals surface area (Å²) in [6.07, 6.45) is -0.000333. The van der Waals surface area contributed by atoms with Gasteiger partial charge >= 0.3 is 11.9 Å². The number of aromatic nitrogens is 2. The molecule has 0 bridgehead atoms. The molecule has 7 N–H and O–H groups in total. The van der Waals surface area contributed by atoms with Crippen molar-refractivity contribution in [1.29, 1.82) is 0 Å². The number of aliphatic carboxylic acids is 2.